The number of methoxy groups -OCH3 is 1. The molecule has 1 aliphatic heterocycles. The third kappa shape index (κ3) is 2.54. The van der Waals surface area contributed by atoms with E-state index in [4.69, 9.17) is 9.47 Å². The van der Waals surface area contributed by atoms with E-state index in [-0.39, 0.29) is 18.3 Å². The predicted octanol–water partition coefficient (Wildman–Crippen LogP) is 3.08. The normalized spacial score (nSPS) is 13.1. The third-order valence-corrected chi connectivity index (χ3v) is 4.55. The van der Waals surface area contributed by atoms with Crippen molar-refractivity contribution >= 4 is 44.6 Å². The Bertz CT molecular complexity index is 741. The van der Waals surface area contributed by atoms with Gasteiger partial charge in [0.05, 0.1) is 12.8 Å². The van der Waals surface area contributed by atoms with Crippen LogP contribution >= 0.6 is 27.3 Å². The zero-order chi connectivity index (χ0) is 15.0. The van der Waals surface area contributed by atoms with Crippen molar-refractivity contribution in [1.29, 1.82) is 0 Å². The summed E-state index contributed by atoms with van der Waals surface area (Å²) in [5.74, 6) is 0.658. The number of hydrogen-bond donors (Lipinski definition) is 1. The fourth-order valence-corrected chi connectivity index (χ4v) is 3.36. The Morgan fingerprint density at radius 1 is 1.48 bits per heavy atom. The minimum Gasteiger partial charge on any atom is -0.495 e. The van der Waals surface area contributed by atoms with E-state index in [0.29, 0.717) is 32.1 Å². The minimum absolute atomic E-state index is 0.0510. The van der Waals surface area contributed by atoms with Gasteiger partial charge in [0.25, 0.3) is 5.91 Å². The van der Waals surface area contributed by atoms with Crippen molar-refractivity contribution in [1.82, 2.24) is 0 Å². The van der Waals surface area contributed by atoms with Crippen molar-refractivity contribution in [2.45, 2.75) is 0 Å². The largest absolute Gasteiger partial charge is 0.495 e. The zero-order valence-electron chi connectivity index (χ0n) is 10.9. The molecule has 0 aliphatic carbocycles. The number of halogens is 1. The maximum Gasteiger partial charge on any atom is 0.262 e. The van der Waals surface area contributed by atoms with Crippen LogP contribution in [0.25, 0.3) is 0 Å². The molecule has 0 spiro atoms. The second-order valence-electron chi connectivity index (χ2n) is 4.31. The van der Waals surface area contributed by atoms with E-state index < -0.39 is 0 Å². The van der Waals surface area contributed by atoms with Gasteiger partial charge in [-0.3, -0.25) is 9.59 Å². The Morgan fingerprint density at radius 3 is 3.05 bits per heavy atom. The highest BCUT2D eigenvalue weighted by Gasteiger charge is 2.23. The van der Waals surface area contributed by atoms with Crippen molar-refractivity contribution in [3.05, 3.63) is 38.5 Å². The molecule has 1 aliphatic rings. The molecule has 1 N–H and O–H groups in total. The quantitative estimate of drug-likeness (QED) is 0.846. The number of thiophene rings is 1. The molecule has 1 aromatic carbocycles. The number of carbonyl (C=O) groups is 2. The number of anilines is 1. The van der Waals surface area contributed by atoms with Crippen molar-refractivity contribution in [3.8, 4) is 11.5 Å². The average Bonchev–Trinajstić information content (AvgIpc) is 2.94. The molecule has 0 saturated carbocycles. The van der Waals surface area contributed by atoms with Crippen molar-refractivity contribution in [2.75, 3.05) is 19.0 Å². The van der Waals surface area contributed by atoms with Crippen LogP contribution in [0.15, 0.2) is 28.1 Å². The van der Waals surface area contributed by atoms with Crippen LogP contribution in [0.4, 0.5) is 5.69 Å². The molecule has 5 nitrogen and oxygen atoms in total. The van der Waals surface area contributed by atoms with E-state index in [1.807, 2.05) is 0 Å². The molecule has 7 heteroatoms. The first-order chi connectivity index (χ1) is 10.1. The summed E-state index contributed by atoms with van der Waals surface area (Å²) in [6.07, 6.45) is 0. The summed E-state index contributed by atoms with van der Waals surface area (Å²) in [4.78, 5) is 24.4. The smallest absolute Gasteiger partial charge is 0.262 e. The highest BCUT2D eigenvalue weighted by molar-refractivity contribution is 9.10. The Kier molecular flexibility index (Phi) is 3.69. The fourth-order valence-electron chi connectivity index (χ4n) is 2.02. The van der Waals surface area contributed by atoms with Crippen LogP contribution < -0.4 is 14.8 Å². The molecule has 108 valence electrons. The van der Waals surface area contributed by atoms with Crippen molar-refractivity contribution < 1.29 is 19.1 Å². The summed E-state index contributed by atoms with van der Waals surface area (Å²) in [5.41, 5.74) is 1.01. The number of fused-ring (bicyclic) bond motifs is 1. The van der Waals surface area contributed by atoms with E-state index >= 15 is 0 Å². The molecule has 1 aromatic heterocycles. The fraction of sp³-hybridized carbons (Fsp3) is 0.143. The predicted molar refractivity (Wildman–Crippen MR) is 82.6 cm³/mol. The summed E-state index contributed by atoms with van der Waals surface area (Å²) in [6, 6.07) is 5.04. The van der Waals surface area contributed by atoms with Crippen LogP contribution in [0, 0.1) is 0 Å². The number of nitrogens with one attached hydrogen (secondary N) is 1. The molecule has 0 radical (unpaired) electrons. The van der Waals surface area contributed by atoms with Crippen molar-refractivity contribution in [2.24, 2.45) is 0 Å². The number of ether oxygens (including phenoxy) is 2. The molecule has 3 rings (SSSR count). The number of carbonyl (C=O) groups excluding carboxylic acids is 2. The van der Waals surface area contributed by atoms with Gasteiger partial charge < -0.3 is 14.8 Å². The summed E-state index contributed by atoms with van der Waals surface area (Å²) in [6.45, 7) is -0.0510. The lowest BCUT2D eigenvalue weighted by atomic mass is 10.1. The number of rotatable bonds is 3. The van der Waals surface area contributed by atoms with E-state index in [1.165, 1.54) is 18.4 Å². The average molecular weight is 368 g/mol. The van der Waals surface area contributed by atoms with Gasteiger partial charge >= 0.3 is 0 Å². The number of hydrogen-bond acceptors (Lipinski definition) is 5. The molecule has 0 unspecified atom stereocenters. The van der Waals surface area contributed by atoms with Crippen LogP contribution in [-0.2, 0) is 4.79 Å². The molecule has 0 saturated heterocycles. The Hall–Kier alpha value is -1.86. The first kappa shape index (κ1) is 14.1. The second kappa shape index (κ2) is 5.50. The van der Waals surface area contributed by atoms with E-state index in [1.54, 1.807) is 23.6 Å². The van der Waals surface area contributed by atoms with Crippen LogP contribution in [-0.4, -0.2) is 25.4 Å². The summed E-state index contributed by atoms with van der Waals surface area (Å²) in [7, 11) is 1.53. The van der Waals surface area contributed by atoms with E-state index in [0.717, 1.165) is 0 Å². The number of ketones is 1. The monoisotopic (exact) mass is 367 g/mol. The van der Waals surface area contributed by atoms with Gasteiger partial charge in [0.15, 0.2) is 6.61 Å². The van der Waals surface area contributed by atoms with Gasteiger partial charge in [-0.25, -0.2) is 0 Å². The molecular formula is C14H10BrNO4S. The highest BCUT2D eigenvalue weighted by Crippen LogP contribution is 2.36. The van der Waals surface area contributed by atoms with E-state index in [9.17, 15) is 9.59 Å². The molecular weight excluding hydrogens is 358 g/mol. The summed E-state index contributed by atoms with van der Waals surface area (Å²) >= 11 is 4.68. The molecule has 2 heterocycles. The van der Waals surface area contributed by atoms with E-state index in [2.05, 4.69) is 21.2 Å². The van der Waals surface area contributed by atoms with Gasteiger partial charge in [-0.05, 0) is 39.5 Å². The highest BCUT2D eigenvalue weighted by atomic mass is 79.9. The molecule has 0 bridgehead atoms. The maximum atomic E-state index is 12.6. The SMILES string of the molecule is COc1ccsc1C(=O)c1cc2c(cc1Br)NC(=O)CO2. The summed E-state index contributed by atoms with van der Waals surface area (Å²) in [5, 5.41) is 4.50. The second-order valence-corrected chi connectivity index (χ2v) is 6.08. The zero-order valence-corrected chi connectivity index (χ0v) is 13.3. The number of amides is 1. The van der Waals surface area contributed by atoms with Crippen LogP contribution in [0.1, 0.15) is 15.2 Å². The Labute approximate surface area is 133 Å². The lowest BCUT2D eigenvalue weighted by Gasteiger charge is -2.19. The molecule has 0 fully saturated rings. The van der Waals surface area contributed by atoms with Gasteiger partial charge in [0.2, 0.25) is 5.78 Å². The lowest BCUT2D eigenvalue weighted by Crippen LogP contribution is -2.25. The van der Waals surface area contributed by atoms with Gasteiger partial charge in [0, 0.05) is 10.0 Å². The molecule has 21 heavy (non-hydrogen) atoms. The first-order valence-corrected chi connectivity index (χ1v) is 7.70. The Balaban J connectivity index is 2.03. The third-order valence-electron chi connectivity index (χ3n) is 3.00. The van der Waals surface area contributed by atoms with Crippen LogP contribution in [0.2, 0.25) is 0 Å². The topological polar surface area (TPSA) is 64.6 Å². The lowest BCUT2D eigenvalue weighted by molar-refractivity contribution is -0.118. The van der Waals surface area contributed by atoms with Gasteiger partial charge in [-0.2, -0.15) is 0 Å². The molecule has 0 atom stereocenters. The maximum absolute atomic E-state index is 12.6. The van der Waals surface area contributed by atoms with Crippen LogP contribution in [0.5, 0.6) is 11.5 Å². The molecule has 1 amide bonds. The van der Waals surface area contributed by atoms with Gasteiger partial charge in [-0.1, -0.05) is 0 Å². The first-order valence-electron chi connectivity index (χ1n) is 6.02. The van der Waals surface area contributed by atoms with Gasteiger partial charge in [-0.15, -0.1) is 11.3 Å². The molecule has 2 aromatic rings. The minimum atomic E-state index is -0.214. The van der Waals surface area contributed by atoms with Crippen molar-refractivity contribution in [3.63, 3.8) is 0 Å². The van der Waals surface area contributed by atoms with Crippen LogP contribution in [0.3, 0.4) is 0 Å². The summed E-state index contributed by atoms with van der Waals surface area (Å²) < 4.78 is 11.1. The van der Waals surface area contributed by atoms with Gasteiger partial charge in [0.1, 0.15) is 16.4 Å². The standard InChI is InChI=1S/C14H10BrNO4S/c1-19-10-2-3-21-14(10)13(18)7-4-11-9(5-8(7)15)16-12(17)6-20-11/h2-5H,6H2,1H3,(H,16,17). The number of benzene rings is 1. The Morgan fingerprint density at radius 2 is 2.29 bits per heavy atom.